The molecule has 2 unspecified atom stereocenters. The quantitative estimate of drug-likeness (QED) is 0.795. The van der Waals surface area contributed by atoms with E-state index in [-0.39, 0.29) is 0 Å². The average Bonchev–Trinajstić information content (AvgIpc) is 2.30. The van der Waals surface area contributed by atoms with Crippen LogP contribution in [0.25, 0.3) is 0 Å². The molecule has 2 aliphatic rings. The second-order valence-corrected chi connectivity index (χ2v) is 4.97. The van der Waals surface area contributed by atoms with E-state index in [1.54, 1.807) is 0 Å². The number of fused-ring (bicyclic) bond motifs is 2. The lowest BCUT2D eigenvalue weighted by Crippen LogP contribution is -2.58. The van der Waals surface area contributed by atoms with Crippen LogP contribution in [0.3, 0.4) is 0 Å². The molecule has 1 N–H and O–H groups in total. The molecule has 16 heavy (non-hydrogen) atoms. The summed E-state index contributed by atoms with van der Waals surface area (Å²) in [4.78, 5) is 5.06. The van der Waals surface area contributed by atoms with E-state index in [9.17, 15) is 0 Å². The summed E-state index contributed by atoms with van der Waals surface area (Å²) in [5.74, 6) is 0.811. The zero-order valence-corrected chi connectivity index (χ0v) is 9.60. The van der Waals surface area contributed by atoms with Crippen molar-refractivity contribution in [3.05, 3.63) is 35.9 Å². The van der Waals surface area contributed by atoms with E-state index < -0.39 is 0 Å². The molecule has 2 bridgehead atoms. The molecule has 0 radical (unpaired) electrons. The van der Waals surface area contributed by atoms with Crippen molar-refractivity contribution in [1.29, 1.82) is 0 Å². The Morgan fingerprint density at radius 1 is 1.19 bits per heavy atom. The fourth-order valence-electron chi connectivity index (χ4n) is 2.81. The molecule has 1 aromatic carbocycles. The molecule has 0 amide bonds. The number of rotatable bonds is 2. The van der Waals surface area contributed by atoms with Gasteiger partial charge in [-0.25, -0.2) is 0 Å². The lowest BCUT2D eigenvalue weighted by Gasteiger charge is -2.44. The summed E-state index contributed by atoms with van der Waals surface area (Å²) in [6, 6.07) is 10.8. The predicted octanol–water partition coefficient (Wildman–Crippen LogP) is 0.939. The van der Waals surface area contributed by atoms with Gasteiger partial charge in [-0.1, -0.05) is 30.3 Å². The maximum Gasteiger partial charge on any atom is 0.0521 e. The van der Waals surface area contributed by atoms with Crippen LogP contribution < -0.4 is 5.32 Å². The third-order valence-electron chi connectivity index (χ3n) is 3.45. The highest BCUT2D eigenvalue weighted by atomic mass is 15.4. The topological polar surface area (TPSA) is 18.5 Å². The molecule has 2 fully saturated rings. The monoisotopic (exact) mass is 217 g/mol. The second-order valence-electron chi connectivity index (χ2n) is 4.97. The van der Waals surface area contributed by atoms with E-state index in [1.807, 2.05) is 0 Å². The van der Waals surface area contributed by atoms with Gasteiger partial charge in [-0.05, 0) is 11.5 Å². The molecular weight excluding hydrogens is 198 g/mol. The Labute approximate surface area is 97.0 Å². The first-order chi connectivity index (χ1) is 7.90. The second kappa shape index (κ2) is 4.53. The molecule has 3 heteroatoms. The van der Waals surface area contributed by atoms with Crippen molar-refractivity contribution in [2.45, 2.75) is 6.54 Å². The minimum atomic E-state index is 0.811. The Bertz CT molecular complexity index is 326. The predicted molar refractivity (Wildman–Crippen MR) is 64.8 cm³/mol. The molecule has 3 nitrogen and oxygen atoms in total. The summed E-state index contributed by atoms with van der Waals surface area (Å²) in [6.07, 6.45) is 0. The van der Waals surface area contributed by atoms with Crippen LogP contribution in [0.2, 0.25) is 0 Å². The van der Waals surface area contributed by atoms with Gasteiger partial charge in [0.2, 0.25) is 0 Å². The molecule has 2 aliphatic heterocycles. The third-order valence-corrected chi connectivity index (χ3v) is 3.45. The van der Waals surface area contributed by atoms with Crippen LogP contribution in [-0.2, 0) is 6.54 Å². The first-order valence-electron chi connectivity index (χ1n) is 6.09. The van der Waals surface area contributed by atoms with Gasteiger partial charge in [0.25, 0.3) is 0 Å². The summed E-state index contributed by atoms with van der Waals surface area (Å²) in [5, 5.41) is 3.47. The highest BCUT2D eigenvalue weighted by molar-refractivity contribution is 5.14. The summed E-state index contributed by atoms with van der Waals surface area (Å²) < 4.78 is 0. The summed E-state index contributed by atoms with van der Waals surface area (Å²) in [7, 11) is 0. The molecule has 2 heterocycles. The number of nitrogens with one attached hydrogen (secondary N) is 1. The van der Waals surface area contributed by atoms with Crippen molar-refractivity contribution in [2.24, 2.45) is 5.92 Å². The largest absolute Gasteiger partial charge is 0.304 e. The van der Waals surface area contributed by atoms with Crippen LogP contribution in [0.5, 0.6) is 0 Å². The Kier molecular flexibility index (Phi) is 2.91. The SMILES string of the molecule is c1ccc(CN2CC3CNCN(C3)C2)cc1. The maximum absolute atomic E-state index is 3.47. The highest BCUT2D eigenvalue weighted by Crippen LogP contribution is 2.16. The van der Waals surface area contributed by atoms with Crippen molar-refractivity contribution in [3.8, 4) is 0 Å². The van der Waals surface area contributed by atoms with Crippen molar-refractivity contribution in [1.82, 2.24) is 15.1 Å². The van der Waals surface area contributed by atoms with Gasteiger partial charge in [-0.3, -0.25) is 9.80 Å². The molecule has 1 aromatic rings. The van der Waals surface area contributed by atoms with E-state index >= 15 is 0 Å². The minimum Gasteiger partial charge on any atom is -0.304 e. The average molecular weight is 217 g/mol. The Morgan fingerprint density at radius 3 is 2.88 bits per heavy atom. The minimum absolute atomic E-state index is 0.811. The fraction of sp³-hybridized carbons (Fsp3) is 0.538. The summed E-state index contributed by atoms with van der Waals surface area (Å²) in [5.41, 5.74) is 1.43. The van der Waals surface area contributed by atoms with Gasteiger partial charge in [0.1, 0.15) is 0 Å². The van der Waals surface area contributed by atoms with Crippen LogP contribution in [0.15, 0.2) is 30.3 Å². The lowest BCUT2D eigenvalue weighted by molar-refractivity contribution is 0.0115. The molecule has 86 valence electrons. The van der Waals surface area contributed by atoms with E-state index in [0.717, 1.165) is 25.8 Å². The summed E-state index contributed by atoms with van der Waals surface area (Å²) >= 11 is 0. The van der Waals surface area contributed by atoms with Gasteiger partial charge in [0.05, 0.1) is 6.67 Å². The number of hydrogen-bond donors (Lipinski definition) is 1. The van der Waals surface area contributed by atoms with Crippen molar-refractivity contribution in [3.63, 3.8) is 0 Å². The van der Waals surface area contributed by atoms with Crippen LogP contribution >= 0.6 is 0 Å². The standard InChI is InChI=1S/C13H19N3/c1-2-4-12(5-3-1)7-15-8-13-6-14-10-16(9-13)11-15/h1-5,13-14H,6-11H2. The number of nitrogens with zero attached hydrogens (tertiary/aromatic N) is 2. The first-order valence-corrected chi connectivity index (χ1v) is 6.09. The Hall–Kier alpha value is -0.900. The van der Waals surface area contributed by atoms with Crippen molar-refractivity contribution >= 4 is 0 Å². The molecule has 0 spiro atoms. The molecular formula is C13H19N3. The molecule has 2 saturated heterocycles. The van der Waals surface area contributed by atoms with E-state index in [2.05, 4.69) is 45.4 Å². The summed E-state index contributed by atoms with van der Waals surface area (Å²) in [6.45, 7) is 6.95. The van der Waals surface area contributed by atoms with Gasteiger partial charge in [0.15, 0.2) is 0 Å². The molecule has 2 atom stereocenters. The van der Waals surface area contributed by atoms with Gasteiger partial charge < -0.3 is 5.32 Å². The Balaban J connectivity index is 1.63. The number of benzene rings is 1. The van der Waals surface area contributed by atoms with Crippen LogP contribution in [-0.4, -0.2) is 42.8 Å². The third kappa shape index (κ3) is 2.26. The lowest BCUT2D eigenvalue weighted by atomic mass is 10.0. The van der Waals surface area contributed by atoms with E-state index in [0.29, 0.717) is 0 Å². The van der Waals surface area contributed by atoms with Gasteiger partial charge in [-0.2, -0.15) is 0 Å². The van der Waals surface area contributed by atoms with Crippen molar-refractivity contribution < 1.29 is 0 Å². The van der Waals surface area contributed by atoms with Crippen molar-refractivity contribution in [2.75, 3.05) is 33.0 Å². The van der Waals surface area contributed by atoms with Crippen LogP contribution in [0.1, 0.15) is 5.56 Å². The highest BCUT2D eigenvalue weighted by Gasteiger charge is 2.27. The maximum atomic E-state index is 3.47. The Morgan fingerprint density at radius 2 is 2.06 bits per heavy atom. The normalized spacial score (nSPS) is 30.2. The van der Waals surface area contributed by atoms with Crippen LogP contribution in [0.4, 0.5) is 0 Å². The van der Waals surface area contributed by atoms with Gasteiger partial charge >= 0.3 is 0 Å². The zero-order chi connectivity index (χ0) is 10.8. The van der Waals surface area contributed by atoms with E-state index in [1.165, 1.54) is 25.2 Å². The zero-order valence-electron chi connectivity index (χ0n) is 9.60. The fourth-order valence-corrected chi connectivity index (χ4v) is 2.81. The van der Waals surface area contributed by atoms with Crippen LogP contribution in [0, 0.1) is 5.92 Å². The van der Waals surface area contributed by atoms with Gasteiger partial charge in [-0.15, -0.1) is 0 Å². The van der Waals surface area contributed by atoms with E-state index in [4.69, 9.17) is 0 Å². The molecule has 0 aromatic heterocycles. The number of hydrogen-bond acceptors (Lipinski definition) is 3. The van der Waals surface area contributed by atoms with Gasteiger partial charge in [0, 0.05) is 32.8 Å². The molecule has 0 saturated carbocycles. The smallest absolute Gasteiger partial charge is 0.0521 e. The molecule has 3 rings (SSSR count). The first kappa shape index (κ1) is 10.3. The molecule has 0 aliphatic carbocycles.